The first kappa shape index (κ1) is 19.4. The molecule has 136 valence electrons. The lowest BCUT2D eigenvalue weighted by molar-refractivity contribution is -0.384. The molecule has 26 heavy (non-hydrogen) atoms. The Morgan fingerprint density at radius 1 is 1.38 bits per heavy atom. The van der Waals surface area contributed by atoms with Crippen molar-refractivity contribution in [3.8, 4) is 17.2 Å². The van der Waals surface area contributed by atoms with Gasteiger partial charge in [-0.15, -0.1) is 0 Å². The van der Waals surface area contributed by atoms with Crippen LogP contribution in [0.3, 0.4) is 0 Å². The fraction of sp³-hybridized carbons (Fsp3) is 0.125. The maximum absolute atomic E-state index is 12.0. The van der Waals surface area contributed by atoms with Crippen LogP contribution in [0, 0.1) is 13.7 Å². The number of nitro benzene ring substituents is 1. The highest BCUT2D eigenvalue weighted by Crippen LogP contribution is 2.32. The van der Waals surface area contributed by atoms with Gasteiger partial charge in [0.15, 0.2) is 11.5 Å². The second-order valence-electron chi connectivity index (χ2n) is 4.94. The zero-order valence-electron chi connectivity index (χ0n) is 13.5. The number of ether oxygens (including phenoxy) is 1. The van der Waals surface area contributed by atoms with Crippen molar-refractivity contribution < 1.29 is 24.7 Å². The van der Waals surface area contributed by atoms with E-state index in [1.807, 2.05) is 22.6 Å². The number of hydrogen-bond donors (Lipinski definition) is 3. The zero-order chi connectivity index (χ0) is 19.3. The van der Waals surface area contributed by atoms with Gasteiger partial charge in [-0.1, -0.05) is 0 Å². The number of nitrogens with one attached hydrogen (secondary N) is 1. The Morgan fingerprint density at radius 3 is 2.77 bits per heavy atom. The first-order valence-electron chi connectivity index (χ1n) is 7.29. The number of hydrazone groups is 1. The van der Waals surface area contributed by atoms with Crippen molar-refractivity contribution in [3.05, 3.63) is 55.1 Å². The van der Waals surface area contributed by atoms with Gasteiger partial charge in [0.2, 0.25) is 0 Å². The second-order valence-corrected chi connectivity index (χ2v) is 6.10. The summed E-state index contributed by atoms with van der Waals surface area (Å²) in [5.41, 5.74) is 2.14. The number of amides is 1. The maximum Gasteiger partial charge on any atom is 0.275 e. The summed E-state index contributed by atoms with van der Waals surface area (Å²) in [6.45, 7) is 2.14. The molecule has 1 amide bonds. The van der Waals surface area contributed by atoms with E-state index in [9.17, 15) is 25.1 Å². The van der Waals surface area contributed by atoms with E-state index < -0.39 is 16.6 Å². The largest absolute Gasteiger partial charge is 0.507 e. The van der Waals surface area contributed by atoms with E-state index in [0.29, 0.717) is 15.7 Å². The molecule has 0 spiro atoms. The first-order chi connectivity index (χ1) is 12.3. The Balaban J connectivity index is 2.17. The molecule has 0 aliphatic heterocycles. The van der Waals surface area contributed by atoms with Gasteiger partial charge in [-0.05, 0) is 53.3 Å². The van der Waals surface area contributed by atoms with Gasteiger partial charge in [0.05, 0.1) is 26.9 Å². The summed E-state index contributed by atoms with van der Waals surface area (Å²) >= 11 is 1.93. The van der Waals surface area contributed by atoms with Crippen LogP contribution in [0.2, 0.25) is 0 Å². The molecule has 0 aromatic heterocycles. The fourth-order valence-corrected chi connectivity index (χ4v) is 2.60. The van der Waals surface area contributed by atoms with E-state index in [1.54, 1.807) is 19.1 Å². The van der Waals surface area contributed by atoms with E-state index in [2.05, 4.69) is 10.5 Å². The zero-order valence-corrected chi connectivity index (χ0v) is 15.6. The van der Waals surface area contributed by atoms with Gasteiger partial charge in [-0.3, -0.25) is 14.9 Å². The second kappa shape index (κ2) is 8.47. The molecule has 0 bridgehead atoms. The average molecular weight is 471 g/mol. The van der Waals surface area contributed by atoms with Gasteiger partial charge in [0, 0.05) is 12.1 Å². The Morgan fingerprint density at radius 2 is 2.12 bits per heavy atom. The lowest BCUT2D eigenvalue weighted by Gasteiger charge is -2.08. The Hall–Kier alpha value is -2.89. The molecular formula is C16H14IN3O6. The smallest absolute Gasteiger partial charge is 0.275 e. The predicted molar refractivity (Wildman–Crippen MR) is 102 cm³/mol. The minimum Gasteiger partial charge on any atom is -0.507 e. The number of nitro groups is 1. The monoisotopic (exact) mass is 471 g/mol. The summed E-state index contributed by atoms with van der Waals surface area (Å²) in [6, 6.07) is 6.27. The predicted octanol–water partition coefficient (Wildman–Crippen LogP) is 2.77. The highest BCUT2D eigenvalue weighted by atomic mass is 127. The summed E-state index contributed by atoms with van der Waals surface area (Å²) in [5, 5.41) is 34.1. The summed E-state index contributed by atoms with van der Waals surface area (Å²) in [6.07, 6.45) is 1.32. The van der Waals surface area contributed by atoms with E-state index in [-0.39, 0.29) is 22.7 Å². The average Bonchev–Trinajstić information content (AvgIpc) is 2.59. The van der Waals surface area contributed by atoms with Crippen LogP contribution in [-0.4, -0.2) is 33.9 Å². The standard InChI is InChI=1S/C16H14IN3O6/c1-2-26-14-6-9(5-12(17)15(14)22)8-18-19-16(23)11-7-10(20(24)25)3-4-13(11)21/h3-8,21-22H,2H2,1H3,(H,19,23)/b18-8-. The minimum absolute atomic E-state index is 0.00940. The van der Waals surface area contributed by atoms with Gasteiger partial charge in [-0.25, -0.2) is 5.43 Å². The highest BCUT2D eigenvalue weighted by Gasteiger charge is 2.16. The van der Waals surface area contributed by atoms with Crippen molar-refractivity contribution in [2.75, 3.05) is 6.61 Å². The molecule has 0 aliphatic carbocycles. The molecule has 0 saturated carbocycles. The van der Waals surface area contributed by atoms with Crippen molar-refractivity contribution in [3.63, 3.8) is 0 Å². The van der Waals surface area contributed by atoms with E-state index in [0.717, 1.165) is 18.2 Å². The SMILES string of the molecule is CCOc1cc(/C=N\NC(=O)c2cc([N+](=O)[O-])ccc2O)cc(I)c1O. The minimum atomic E-state index is -0.805. The van der Waals surface area contributed by atoms with Gasteiger partial charge in [-0.2, -0.15) is 5.10 Å². The summed E-state index contributed by atoms with van der Waals surface area (Å²) in [7, 11) is 0. The normalized spacial score (nSPS) is 10.7. The fourth-order valence-electron chi connectivity index (χ4n) is 1.98. The first-order valence-corrected chi connectivity index (χ1v) is 8.37. The van der Waals surface area contributed by atoms with Crippen molar-refractivity contribution in [2.24, 2.45) is 5.10 Å². The van der Waals surface area contributed by atoms with Crippen molar-refractivity contribution in [2.45, 2.75) is 6.92 Å². The van der Waals surface area contributed by atoms with Crippen LogP contribution in [0.1, 0.15) is 22.8 Å². The molecule has 10 heteroatoms. The number of carbonyl (C=O) groups excluding carboxylic acids is 1. The van der Waals surface area contributed by atoms with Crippen LogP contribution in [0.25, 0.3) is 0 Å². The number of hydrogen-bond acceptors (Lipinski definition) is 7. The Kier molecular flexibility index (Phi) is 6.33. The molecule has 9 nitrogen and oxygen atoms in total. The number of non-ortho nitro benzene ring substituents is 1. The molecule has 0 atom stereocenters. The lowest BCUT2D eigenvalue weighted by Crippen LogP contribution is -2.18. The highest BCUT2D eigenvalue weighted by molar-refractivity contribution is 14.1. The van der Waals surface area contributed by atoms with Crippen LogP contribution in [0.15, 0.2) is 35.4 Å². The van der Waals surface area contributed by atoms with Crippen LogP contribution < -0.4 is 10.2 Å². The quantitative estimate of drug-likeness (QED) is 0.257. The molecule has 0 fully saturated rings. The maximum atomic E-state index is 12.0. The molecular weight excluding hydrogens is 457 g/mol. The number of phenolic OH excluding ortho intramolecular Hbond substituents is 2. The third-order valence-electron chi connectivity index (χ3n) is 3.17. The van der Waals surface area contributed by atoms with Crippen LogP contribution in [0.4, 0.5) is 5.69 Å². The third-order valence-corrected chi connectivity index (χ3v) is 3.99. The Bertz CT molecular complexity index is 885. The molecule has 2 aromatic carbocycles. The van der Waals surface area contributed by atoms with Gasteiger partial charge in [0.1, 0.15) is 5.75 Å². The molecule has 0 radical (unpaired) electrons. The molecule has 0 aliphatic rings. The number of rotatable bonds is 6. The van der Waals surface area contributed by atoms with E-state index in [1.165, 1.54) is 6.21 Å². The van der Waals surface area contributed by atoms with Crippen molar-refractivity contribution >= 4 is 40.4 Å². The third kappa shape index (κ3) is 4.59. The van der Waals surface area contributed by atoms with Crippen molar-refractivity contribution in [1.82, 2.24) is 5.43 Å². The Labute approximate surface area is 161 Å². The van der Waals surface area contributed by atoms with Crippen molar-refractivity contribution in [1.29, 1.82) is 0 Å². The number of carbonyl (C=O) groups is 1. The topological polar surface area (TPSA) is 134 Å². The van der Waals surface area contributed by atoms with E-state index >= 15 is 0 Å². The molecule has 0 heterocycles. The lowest BCUT2D eigenvalue weighted by atomic mass is 10.1. The molecule has 2 rings (SSSR count). The summed E-state index contributed by atoms with van der Waals surface area (Å²) in [4.78, 5) is 22.1. The van der Waals surface area contributed by atoms with Gasteiger partial charge >= 0.3 is 0 Å². The number of nitrogens with zero attached hydrogens (tertiary/aromatic N) is 2. The number of phenols is 2. The molecule has 2 aromatic rings. The summed E-state index contributed by atoms with van der Waals surface area (Å²) < 4.78 is 5.84. The van der Waals surface area contributed by atoms with Crippen LogP contribution >= 0.6 is 22.6 Å². The number of aromatic hydroxyl groups is 2. The van der Waals surface area contributed by atoms with Crippen LogP contribution in [0.5, 0.6) is 17.2 Å². The molecule has 0 unspecified atom stereocenters. The number of halogens is 1. The summed E-state index contributed by atoms with van der Waals surface area (Å²) in [5.74, 6) is -0.916. The molecule has 0 saturated heterocycles. The molecule has 3 N–H and O–H groups in total. The van der Waals surface area contributed by atoms with Gasteiger partial charge in [0.25, 0.3) is 11.6 Å². The number of benzene rings is 2. The van der Waals surface area contributed by atoms with E-state index in [4.69, 9.17) is 4.74 Å². The van der Waals surface area contributed by atoms with Crippen LogP contribution in [-0.2, 0) is 0 Å². The van der Waals surface area contributed by atoms with Gasteiger partial charge < -0.3 is 14.9 Å².